The maximum Gasteiger partial charge on any atom is 0.306 e. The molecule has 1 heterocycles. The molecule has 0 unspecified atom stereocenters. The normalized spacial score (nSPS) is 31.0. The van der Waals surface area contributed by atoms with Crippen LogP contribution in [0, 0.1) is 11.8 Å². The first kappa shape index (κ1) is 14.4. The molecule has 0 radical (unpaired) electrons. The van der Waals surface area contributed by atoms with E-state index in [-0.39, 0.29) is 36.6 Å². The number of ether oxygens (including phenoxy) is 3. The third-order valence-corrected chi connectivity index (χ3v) is 4.49. The Morgan fingerprint density at radius 2 is 2.10 bits per heavy atom. The number of hydrogen-bond donors (Lipinski definition) is 1. The van der Waals surface area contributed by atoms with E-state index in [4.69, 9.17) is 14.2 Å². The predicted octanol–water partition coefficient (Wildman–Crippen LogP) is 1.52. The SMILES string of the molecule is COc1ccc(CO[C@@H]2C[C@@H]3OC(=O)C[C@@H]3[C@@H]2CO)cc1. The van der Waals surface area contributed by atoms with Gasteiger partial charge in [-0.1, -0.05) is 12.1 Å². The first-order valence-corrected chi connectivity index (χ1v) is 7.26. The zero-order chi connectivity index (χ0) is 14.8. The topological polar surface area (TPSA) is 65.0 Å². The summed E-state index contributed by atoms with van der Waals surface area (Å²) in [6, 6.07) is 7.71. The molecule has 5 nitrogen and oxygen atoms in total. The van der Waals surface area contributed by atoms with E-state index < -0.39 is 0 Å². The molecule has 114 valence electrons. The van der Waals surface area contributed by atoms with Crippen molar-refractivity contribution in [2.45, 2.75) is 31.7 Å². The Hall–Kier alpha value is -1.59. The Bertz CT molecular complexity index is 498. The first-order chi connectivity index (χ1) is 10.2. The highest BCUT2D eigenvalue weighted by atomic mass is 16.6. The van der Waals surface area contributed by atoms with Gasteiger partial charge in [-0.2, -0.15) is 0 Å². The summed E-state index contributed by atoms with van der Waals surface area (Å²) >= 11 is 0. The van der Waals surface area contributed by atoms with Gasteiger partial charge in [-0.25, -0.2) is 0 Å². The van der Waals surface area contributed by atoms with Gasteiger partial charge in [-0.05, 0) is 17.7 Å². The van der Waals surface area contributed by atoms with E-state index in [9.17, 15) is 9.90 Å². The zero-order valence-corrected chi connectivity index (χ0v) is 12.0. The summed E-state index contributed by atoms with van der Waals surface area (Å²) in [6.07, 6.45) is 0.937. The average molecular weight is 292 g/mol. The molecular weight excluding hydrogens is 272 g/mol. The second kappa shape index (κ2) is 6.03. The molecule has 5 heteroatoms. The van der Waals surface area contributed by atoms with Crippen LogP contribution in [0.3, 0.4) is 0 Å². The Balaban J connectivity index is 1.58. The van der Waals surface area contributed by atoms with Gasteiger partial charge in [-0.3, -0.25) is 4.79 Å². The number of fused-ring (bicyclic) bond motifs is 1. The van der Waals surface area contributed by atoms with E-state index in [1.54, 1.807) is 7.11 Å². The monoisotopic (exact) mass is 292 g/mol. The fourth-order valence-corrected chi connectivity index (χ4v) is 3.33. The first-order valence-electron chi connectivity index (χ1n) is 7.26. The number of aliphatic hydroxyl groups excluding tert-OH is 1. The molecule has 0 spiro atoms. The number of methoxy groups -OCH3 is 1. The molecule has 1 aromatic rings. The van der Waals surface area contributed by atoms with Gasteiger partial charge >= 0.3 is 5.97 Å². The van der Waals surface area contributed by atoms with Crippen molar-refractivity contribution in [1.29, 1.82) is 0 Å². The Morgan fingerprint density at radius 1 is 1.33 bits per heavy atom. The molecule has 2 aliphatic rings. The van der Waals surface area contributed by atoms with E-state index in [2.05, 4.69) is 0 Å². The lowest BCUT2D eigenvalue weighted by molar-refractivity contribution is -0.142. The molecule has 1 N–H and O–H groups in total. The number of rotatable bonds is 5. The summed E-state index contributed by atoms with van der Waals surface area (Å²) < 4.78 is 16.3. The van der Waals surface area contributed by atoms with Crippen LogP contribution in [0.2, 0.25) is 0 Å². The molecule has 3 rings (SSSR count). The van der Waals surface area contributed by atoms with E-state index >= 15 is 0 Å². The van der Waals surface area contributed by atoms with Gasteiger partial charge in [0.25, 0.3) is 0 Å². The third kappa shape index (κ3) is 2.89. The molecule has 0 amide bonds. The van der Waals surface area contributed by atoms with Crippen molar-refractivity contribution in [3.63, 3.8) is 0 Å². The Morgan fingerprint density at radius 3 is 2.76 bits per heavy atom. The van der Waals surface area contributed by atoms with E-state index in [0.29, 0.717) is 19.4 Å². The maximum absolute atomic E-state index is 11.3. The van der Waals surface area contributed by atoms with Gasteiger partial charge in [0, 0.05) is 24.9 Å². The van der Waals surface area contributed by atoms with Crippen LogP contribution in [0.1, 0.15) is 18.4 Å². The zero-order valence-electron chi connectivity index (χ0n) is 12.0. The Labute approximate surface area is 123 Å². The van der Waals surface area contributed by atoms with Gasteiger partial charge in [0.2, 0.25) is 0 Å². The van der Waals surface area contributed by atoms with Crippen molar-refractivity contribution in [3.05, 3.63) is 29.8 Å². The molecule has 1 saturated carbocycles. The quantitative estimate of drug-likeness (QED) is 0.834. The standard InChI is InChI=1S/C16H20O5/c1-19-11-4-2-10(3-5-11)9-20-14-7-15-12(13(14)8-17)6-16(18)21-15/h2-5,12-15,17H,6-9H2,1H3/t12-,13+,14-,15+/m1/s1. The van der Waals surface area contributed by atoms with Gasteiger partial charge in [-0.15, -0.1) is 0 Å². The van der Waals surface area contributed by atoms with Crippen molar-refractivity contribution < 1.29 is 24.1 Å². The molecule has 1 aromatic carbocycles. The minimum absolute atomic E-state index is 0.0142. The van der Waals surface area contributed by atoms with Crippen LogP contribution >= 0.6 is 0 Å². The molecule has 21 heavy (non-hydrogen) atoms. The summed E-state index contributed by atoms with van der Waals surface area (Å²) in [5.74, 6) is 0.745. The smallest absolute Gasteiger partial charge is 0.306 e. The number of benzene rings is 1. The lowest BCUT2D eigenvalue weighted by atomic mass is 9.93. The summed E-state index contributed by atoms with van der Waals surface area (Å²) in [7, 11) is 1.63. The van der Waals surface area contributed by atoms with Gasteiger partial charge in [0.1, 0.15) is 11.9 Å². The number of aliphatic hydroxyl groups is 1. The van der Waals surface area contributed by atoms with E-state index in [0.717, 1.165) is 11.3 Å². The van der Waals surface area contributed by atoms with Gasteiger partial charge < -0.3 is 19.3 Å². The number of carbonyl (C=O) groups is 1. The molecule has 0 bridgehead atoms. The van der Waals surface area contributed by atoms with Crippen molar-refractivity contribution >= 4 is 5.97 Å². The van der Waals surface area contributed by atoms with Crippen molar-refractivity contribution in [2.24, 2.45) is 11.8 Å². The van der Waals surface area contributed by atoms with Crippen LogP contribution in [-0.4, -0.2) is 37.0 Å². The van der Waals surface area contributed by atoms with Crippen molar-refractivity contribution in [3.8, 4) is 5.75 Å². The second-order valence-electron chi connectivity index (χ2n) is 5.68. The summed E-state index contributed by atoms with van der Waals surface area (Å²) in [5.41, 5.74) is 1.06. The van der Waals surface area contributed by atoms with Crippen molar-refractivity contribution in [1.82, 2.24) is 0 Å². The highest BCUT2D eigenvalue weighted by Crippen LogP contribution is 2.42. The third-order valence-electron chi connectivity index (χ3n) is 4.49. The molecule has 4 atom stereocenters. The number of hydrogen-bond acceptors (Lipinski definition) is 5. The predicted molar refractivity (Wildman–Crippen MR) is 74.8 cm³/mol. The molecule has 2 fully saturated rings. The summed E-state index contributed by atoms with van der Waals surface area (Å²) in [4.78, 5) is 11.3. The highest BCUT2D eigenvalue weighted by Gasteiger charge is 2.50. The largest absolute Gasteiger partial charge is 0.497 e. The summed E-state index contributed by atoms with van der Waals surface area (Å²) in [6.45, 7) is 0.517. The number of carbonyl (C=O) groups excluding carboxylic acids is 1. The van der Waals surface area contributed by atoms with Crippen LogP contribution in [0.25, 0.3) is 0 Å². The number of esters is 1. The molecular formula is C16H20O5. The fraction of sp³-hybridized carbons (Fsp3) is 0.562. The molecule has 1 aliphatic carbocycles. The fourth-order valence-electron chi connectivity index (χ4n) is 3.33. The molecule has 1 saturated heterocycles. The highest BCUT2D eigenvalue weighted by molar-refractivity contribution is 5.72. The lowest BCUT2D eigenvalue weighted by Crippen LogP contribution is -2.26. The minimum Gasteiger partial charge on any atom is -0.497 e. The van der Waals surface area contributed by atoms with Gasteiger partial charge in [0.15, 0.2) is 0 Å². The van der Waals surface area contributed by atoms with Crippen LogP contribution in [0.15, 0.2) is 24.3 Å². The Kier molecular flexibility index (Phi) is 4.12. The summed E-state index contributed by atoms with van der Waals surface area (Å²) in [5, 5.41) is 9.57. The molecule has 0 aromatic heterocycles. The lowest BCUT2D eigenvalue weighted by Gasteiger charge is -2.21. The average Bonchev–Trinajstić information content (AvgIpc) is 3.00. The van der Waals surface area contributed by atoms with Gasteiger partial charge in [0.05, 0.1) is 26.2 Å². The second-order valence-corrected chi connectivity index (χ2v) is 5.68. The van der Waals surface area contributed by atoms with Crippen LogP contribution in [0.5, 0.6) is 5.75 Å². The minimum atomic E-state index is -0.156. The van der Waals surface area contributed by atoms with Crippen LogP contribution in [-0.2, 0) is 20.9 Å². The van der Waals surface area contributed by atoms with E-state index in [1.807, 2.05) is 24.3 Å². The van der Waals surface area contributed by atoms with E-state index in [1.165, 1.54) is 0 Å². The van der Waals surface area contributed by atoms with Crippen LogP contribution in [0.4, 0.5) is 0 Å². The van der Waals surface area contributed by atoms with Crippen LogP contribution < -0.4 is 4.74 Å². The molecule has 1 aliphatic heterocycles. The maximum atomic E-state index is 11.3. The van der Waals surface area contributed by atoms with Crippen molar-refractivity contribution in [2.75, 3.05) is 13.7 Å².